The molecule has 1 fully saturated rings. The second-order valence-electron chi connectivity index (χ2n) is 8.08. The van der Waals surface area contributed by atoms with E-state index in [9.17, 15) is 13.5 Å². The summed E-state index contributed by atoms with van der Waals surface area (Å²) in [5.41, 5.74) is -0.893. The maximum absolute atomic E-state index is 13.3. The Hall–Kier alpha value is -0.860. The van der Waals surface area contributed by atoms with E-state index in [1.807, 2.05) is 26.2 Å². The topological polar surface area (TPSA) is 79.3 Å². The van der Waals surface area contributed by atoms with Gasteiger partial charge >= 0.3 is 0 Å². The van der Waals surface area contributed by atoms with Gasteiger partial charge in [0, 0.05) is 15.8 Å². The third-order valence-corrected chi connectivity index (χ3v) is 9.28. The molecule has 1 aliphatic rings. The molecule has 2 unspecified atom stereocenters. The van der Waals surface area contributed by atoms with E-state index < -0.39 is 20.3 Å². The van der Waals surface area contributed by atoms with Crippen molar-refractivity contribution in [3.8, 4) is 0 Å². The molecule has 3 rings (SSSR count). The molecule has 5 nitrogen and oxygen atoms in total. The molecular weight excluding hydrogens is 427 g/mol. The fraction of sp³-hybridized carbons (Fsp3) is 0.500. The van der Waals surface area contributed by atoms with Crippen LogP contribution in [0.15, 0.2) is 28.5 Å². The molecule has 0 saturated heterocycles. The molecule has 2 aromatic rings. The van der Waals surface area contributed by atoms with Crippen LogP contribution in [0.2, 0.25) is 10.0 Å². The first-order valence-electron chi connectivity index (χ1n) is 8.46. The maximum atomic E-state index is 13.3. The zero-order valence-corrected chi connectivity index (χ0v) is 18.7. The van der Waals surface area contributed by atoms with Crippen molar-refractivity contribution in [2.45, 2.75) is 61.3 Å². The smallest absolute Gasteiger partial charge is 0.189 e. The highest BCUT2D eigenvalue weighted by Crippen LogP contribution is 2.51. The number of hydrogen-bond acceptors (Lipinski definition) is 6. The summed E-state index contributed by atoms with van der Waals surface area (Å²) < 4.78 is 25.1. The fourth-order valence-corrected chi connectivity index (χ4v) is 6.79. The lowest BCUT2D eigenvalue weighted by molar-refractivity contribution is -0.0436. The number of thiazole rings is 1. The van der Waals surface area contributed by atoms with Crippen molar-refractivity contribution in [2.24, 2.45) is 0 Å². The standard InChI is InChI=1S/C18H22Cl2N2O3S2/c1-16(2,3)14-10-26-15(21-14)22-18(23)8-7-17(18,4)27(24,25)13-6-5-11(19)9-12(13)20/h5-6,9-10,23H,7-8H2,1-4H3,(H,21,22). The van der Waals surface area contributed by atoms with Gasteiger partial charge in [-0.3, -0.25) is 0 Å². The quantitative estimate of drug-likeness (QED) is 0.651. The predicted octanol–water partition coefficient (Wildman–Crippen LogP) is 4.87. The monoisotopic (exact) mass is 448 g/mol. The van der Waals surface area contributed by atoms with Gasteiger partial charge in [-0.15, -0.1) is 11.3 Å². The van der Waals surface area contributed by atoms with E-state index in [0.29, 0.717) is 23.0 Å². The van der Waals surface area contributed by atoms with Crippen LogP contribution in [0.4, 0.5) is 5.13 Å². The van der Waals surface area contributed by atoms with Crippen molar-refractivity contribution >= 4 is 49.5 Å². The zero-order valence-electron chi connectivity index (χ0n) is 15.5. The molecular formula is C18H22Cl2N2O3S2. The van der Waals surface area contributed by atoms with Crippen LogP contribution in [0.3, 0.4) is 0 Å². The zero-order chi connectivity index (χ0) is 20.3. The minimum absolute atomic E-state index is 0.0366. The Morgan fingerprint density at radius 3 is 2.41 bits per heavy atom. The first-order valence-corrected chi connectivity index (χ1v) is 11.6. The third kappa shape index (κ3) is 3.38. The molecule has 0 radical (unpaired) electrons. The molecule has 1 heterocycles. The highest BCUT2D eigenvalue weighted by atomic mass is 35.5. The van der Waals surface area contributed by atoms with Crippen LogP contribution < -0.4 is 5.32 Å². The molecule has 0 amide bonds. The number of aromatic nitrogens is 1. The third-order valence-electron chi connectivity index (χ3n) is 5.20. The minimum atomic E-state index is -3.92. The summed E-state index contributed by atoms with van der Waals surface area (Å²) in [6, 6.07) is 4.25. The van der Waals surface area contributed by atoms with Crippen molar-refractivity contribution in [1.82, 2.24) is 4.98 Å². The summed E-state index contributed by atoms with van der Waals surface area (Å²) in [4.78, 5) is 4.47. The van der Waals surface area contributed by atoms with E-state index >= 15 is 0 Å². The summed E-state index contributed by atoms with van der Waals surface area (Å²) in [6.45, 7) is 7.66. The van der Waals surface area contributed by atoms with E-state index in [-0.39, 0.29) is 15.3 Å². The molecule has 0 bridgehead atoms. The fourth-order valence-electron chi connectivity index (χ4n) is 3.05. The van der Waals surface area contributed by atoms with Gasteiger partial charge in [-0.1, -0.05) is 44.0 Å². The number of hydrogen-bond donors (Lipinski definition) is 2. The average molecular weight is 449 g/mol. The second kappa shape index (κ2) is 6.59. The number of aliphatic hydroxyl groups is 1. The molecule has 1 aliphatic carbocycles. The van der Waals surface area contributed by atoms with Crippen molar-refractivity contribution in [1.29, 1.82) is 0 Å². The lowest BCUT2D eigenvalue weighted by Gasteiger charge is -2.53. The van der Waals surface area contributed by atoms with Crippen LogP contribution >= 0.6 is 34.5 Å². The molecule has 148 valence electrons. The summed E-state index contributed by atoms with van der Waals surface area (Å²) in [5.74, 6) is 0. The molecule has 0 aliphatic heterocycles. The summed E-state index contributed by atoms with van der Waals surface area (Å²) in [7, 11) is -3.92. The van der Waals surface area contributed by atoms with E-state index in [2.05, 4.69) is 10.3 Å². The Morgan fingerprint density at radius 1 is 1.26 bits per heavy atom. The molecule has 1 saturated carbocycles. The lowest BCUT2D eigenvalue weighted by Crippen LogP contribution is -2.69. The van der Waals surface area contributed by atoms with Crippen LogP contribution in [0, 0.1) is 0 Å². The molecule has 27 heavy (non-hydrogen) atoms. The number of nitrogens with one attached hydrogen (secondary N) is 1. The van der Waals surface area contributed by atoms with Crippen LogP contribution in [-0.4, -0.2) is 29.0 Å². The molecule has 2 atom stereocenters. The Labute approximate surface area is 173 Å². The first-order chi connectivity index (χ1) is 12.3. The lowest BCUT2D eigenvalue weighted by atomic mass is 9.76. The largest absolute Gasteiger partial charge is 0.369 e. The highest BCUT2D eigenvalue weighted by molar-refractivity contribution is 7.93. The van der Waals surface area contributed by atoms with E-state index in [0.717, 1.165) is 5.69 Å². The Kier molecular flexibility index (Phi) is 5.09. The Balaban J connectivity index is 1.95. The average Bonchev–Trinajstić information content (AvgIpc) is 3.01. The number of rotatable bonds is 4. The number of sulfone groups is 1. The number of nitrogens with zero attached hydrogens (tertiary/aromatic N) is 1. The van der Waals surface area contributed by atoms with Gasteiger partial charge in [0.2, 0.25) is 0 Å². The van der Waals surface area contributed by atoms with Gasteiger partial charge in [-0.05, 0) is 38.0 Å². The molecule has 0 spiro atoms. The molecule has 2 N–H and O–H groups in total. The normalized spacial score (nSPS) is 25.9. The number of halogens is 2. The van der Waals surface area contributed by atoms with Gasteiger partial charge in [-0.2, -0.15) is 0 Å². The van der Waals surface area contributed by atoms with Crippen molar-refractivity contribution in [3.05, 3.63) is 39.3 Å². The van der Waals surface area contributed by atoms with Gasteiger partial charge < -0.3 is 10.4 Å². The molecule has 1 aromatic carbocycles. The second-order valence-corrected chi connectivity index (χ2v) is 12.1. The van der Waals surface area contributed by atoms with E-state index in [4.69, 9.17) is 23.2 Å². The van der Waals surface area contributed by atoms with E-state index in [1.165, 1.54) is 36.5 Å². The van der Waals surface area contributed by atoms with Crippen molar-refractivity contribution < 1.29 is 13.5 Å². The summed E-state index contributed by atoms with van der Waals surface area (Å²) in [6.07, 6.45) is 0.591. The van der Waals surface area contributed by atoms with Crippen molar-refractivity contribution in [3.63, 3.8) is 0 Å². The number of benzene rings is 1. The highest BCUT2D eigenvalue weighted by Gasteiger charge is 2.64. The van der Waals surface area contributed by atoms with Gasteiger partial charge in [0.1, 0.15) is 4.75 Å². The molecule has 1 aromatic heterocycles. The maximum Gasteiger partial charge on any atom is 0.189 e. The summed E-state index contributed by atoms with van der Waals surface area (Å²) in [5, 5.41) is 16.9. The Bertz CT molecular complexity index is 985. The summed E-state index contributed by atoms with van der Waals surface area (Å²) >= 11 is 13.4. The van der Waals surface area contributed by atoms with Crippen molar-refractivity contribution in [2.75, 3.05) is 5.32 Å². The van der Waals surface area contributed by atoms with Crippen LogP contribution in [0.5, 0.6) is 0 Å². The SMILES string of the molecule is CC(C)(C)c1csc(NC2(O)CCC2(C)S(=O)(=O)c2ccc(Cl)cc2Cl)n1. The van der Waals surface area contributed by atoms with Crippen LogP contribution in [-0.2, 0) is 15.3 Å². The van der Waals surface area contributed by atoms with Crippen LogP contribution in [0.25, 0.3) is 0 Å². The predicted molar refractivity (Wildman–Crippen MR) is 111 cm³/mol. The van der Waals surface area contributed by atoms with Gasteiger partial charge in [0.05, 0.1) is 15.6 Å². The van der Waals surface area contributed by atoms with E-state index in [1.54, 1.807) is 0 Å². The Morgan fingerprint density at radius 2 is 1.93 bits per heavy atom. The van der Waals surface area contributed by atoms with Gasteiger partial charge in [-0.25, -0.2) is 13.4 Å². The van der Waals surface area contributed by atoms with Gasteiger partial charge in [0.15, 0.2) is 20.7 Å². The van der Waals surface area contributed by atoms with Gasteiger partial charge in [0.25, 0.3) is 0 Å². The van der Waals surface area contributed by atoms with Crippen LogP contribution in [0.1, 0.15) is 46.2 Å². The first kappa shape index (κ1) is 20.9. The number of anilines is 1. The molecule has 9 heteroatoms. The minimum Gasteiger partial charge on any atom is -0.369 e.